The van der Waals surface area contributed by atoms with Crippen LogP contribution in [0.15, 0.2) is 40.8 Å². The van der Waals surface area contributed by atoms with E-state index in [0.29, 0.717) is 12.3 Å². The molecule has 0 radical (unpaired) electrons. The summed E-state index contributed by atoms with van der Waals surface area (Å²) < 4.78 is 47.8. The average molecular weight is 540 g/mol. The number of carbonyl (C=O) groups excluding carboxylic acids is 2. The van der Waals surface area contributed by atoms with E-state index in [2.05, 4.69) is 11.4 Å². The Morgan fingerprint density at radius 1 is 1.15 bits per heavy atom. The maximum atomic E-state index is 13.8. The fourth-order valence-corrected chi connectivity index (χ4v) is 3.77. The number of alkyl halides is 3. The third kappa shape index (κ3) is 11.1. The molecule has 3 unspecified atom stereocenters. The minimum Gasteiger partial charge on any atom is -0.434 e. The Hall–Kier alpha value is -1.84. The monoisotopic (exact) mass is 539 g/mol. The van der Waals surface area contributed by atoms with E-state index in [4.69, 9.17) is 32.7 Å². The molecular formula is C23H32Cl2FNO6S. The molecule has 0 spiro atoms. The van der Waals surface area contributed by atoms with Crippen LogP contribution in [0.2, 0.25) is 0 Å². The number of halogens is 3. The molecule has 7 nitrogen and oxygen atoms in total. The van der Waals surface area contributed by atoms with Crippen LogP contribution in [-0.2, 0) is 24.1 Å². The summed E-state index contributed by atoms with van der Waals surface area (Å²) in [6.07, 6.45) is 3.31. The van der Waals surface area contributed by atoms with Crippen molar-refractivity contribution in [3.63, 3.8) is 0 Å². The Kier molecular flexibility index (Phi) is 12.9. The zero-order chi connectivity index (χ0) is 25.9. The van der Waals surface area contributed by atoms with Crippen molar-refractivity contribution in [3.8, 4) is 0 Å². The molecule has 0 fully saturated rings. The van der Waals surface area contributed by atoms with Gasteiger partial charge in [-0.05, 0) is 56.7 Å². The second kappa shape index (κ2) is 14.5. The van der Waals surface area contributed by atoms with Crippen LogP contribution in [0.1, 0.15) is 51.7 Å². The molecule has 1 N–H and O–H groups in total. The van der Waals surface area contributed by atoms with Crippen molar-refractivity contribution in [2.75, 3.05) is 19.5 Å². The molecule has 11 heteroatoms. The van der Waals surface area contributed by atoms with E-state index in [-0.39, 0.29) is 17.1 Å². The van der Waals surface area contributed by atoms with E-state index in [1.807, 2.05) is 20.8 Å². The summed E-state index contributed by atoms with van der Waals surface area (Å²) in [4.78, 5) is 22.8. The van der Waals surface area contributed by atoms with Crippen molar-refractivity contribution in [2.45, 2.75) is 61.9 Å². The normalized spacial score (nSPS) is 14.1. The first-order valence-corrected chi connectivity index (χ1v) is 13.5. The second-order valence-electron chi connectivity index (χ2n) is 8.30. The van der Waals surface area contributed by atoms with E-state index in [9.17, 15) is 22.4 Å². The minimum atomic E-state index is -3.47. The molecule has 0 aliphatic rings. The van der Waals surface area contributed by atoms with Crippen LogP contribution in [0, 0.1) is 5.92 Å². The fourth-order valence-electron chi connectivity index (χ4n) is 3.01. The molecule has 0 aliphatic heterocycles. The molecule has 192 valence electrons. The number of nitrogens with one attached hydrogen (secondary N) is 1. The van der Waals surface area contributed by atoms with Gasteiger partial charge in [-0.3, -0.25) is 4.79 Å². The summed E-state index contributed by atoms with van der Waals surface area (Å²) in [7, 11) is -3.47. The average Bonchev–Trinajstić information content (AvgIpc) is 2.75. The van der Waals surface area contributed by atoms with Gasteiger partial charge >= 0.3 is 6.16 Å². The lowest BCUT2D eigenvalue weighted by Gasteiger charge is -2.26. The lowest BCUT2D eigenvalue weighted by molar-refractivity contribution is -0.121. The highest BCUT2D eigenvalue weighted by atomic mass is 35.5. The van der Waals surface area contributed by atoms with E-state index in [1.54, 1.807) is 0 Å². The topological polar surface area (TPSA) is 98.8 Å². The highest BCUT2D eigenvalue weighted by Crippen LogP contribution is 2.25. The Labute approximate surface area is 210 Å². The van der Waals surface area contributed by atoms with Crippen LogP contribution in [0.4, 0.5) is 9.18 Å². The molecule has 0 bridgehead atoms. The highest BCUT2D eigenvalue weighted by Gasteiger charge is 2.31. The van der Waals surface area contributed by atoms with Crippen molar-refractivity contribution in [1.82, 2.24) is 5.32 Å². The van der Waals surface area contributed by atoms with Crippen molar-refractivity contribution in [2.24, 2.45) is 5.92 Å². The molecule has 0 aliphatic carbocycles. The van der Waals surface area contributed by atoms with Gasteiger partial charge in [0.2, 0.25) is 0 Å². The smallest absolute Gasteiger partial charge is 0.434 e. The molecule has 34 heavy (non-hydrogen) atoms. The maximum absolute atomic E-state index is 13.8. The third-order valence-corrected chi connectivity index (χ3v) is 6.48. The lowest BCUT2D eigenvalue weighted by Crippen LogP contribution is -2.44. The van der Waals surface area contributed by atoms with Crippen LogP contribution in [0.5, 0.6) is 0 Å². The highest BCUT2D eigenvalue weighted by molar-refractivity contribution is 7.90. The van der Waals surface area contributed by atoms with Crippen LogP contribution in [-0.4, -0.2) is 50.9 Å². The van der Waals surface area contributed by atoms with Gasteiger partial charge in [0, 0.05) is 6.26 Å². The molecule has 0 saturated heterocycles. The predicted molar refractivity (Wildman–Crippen MR) is 131 cm³/mol. The van der Waals surface area contributed by atoms with E-state index in [0.717, 1.165) is 19.1 Å². The number of rotatable bonds is 13. The number of hydrogen-bond donors (Lipinski definition) is 1. The van der Waals surface area contributed by atoms with Crippen molar-refractivity contribution in [1.29, 1.82) is 0 Å². The quantitative estimate of drug-likeness (QED) is 0.207. The Balaban J connectivity index is 2.91. The Morgan fingerprint density at radius 3 is 2.26 bits per heavy atom. The second-order valence-corrected chi connectivity index (χ2v) is 11.4. The van der Waals surface area contributed by atoms with Crippen molar-refractivity contribution < 1.29 is 31.9 Å². The summed E-state index contributed by atoms with van der Waals surface area (Å²) in [5.74, 6) is -0.559. The molecule has 3 atom stereocenters. The van der Waals surface area contributed by atoms with Crippen LogP contribution in [0.3, 0.4) is 0 Å². The van der Waals surface area contributed by atoms with E-state index in [1.165, 1.54) is 29.8 Å². The summed E-state index contributed by atoms with van der Waals surface area (Å²) in [6, 6.07) is 4.00. The lowest BCUT2D eigenvalue weighted by atomic mass is 10.0. The van der Waals surface area contributed by atoms with Crippen molar-refractivity contribution in [3.05, 3.63) is 41.5 Å². The Bertz CT molecular complexity index is 933. The maximum Gasteiger partial charge on any atom is 0.508 e. The largest absolute Gasteiger partial charge is 0.508 e. The predicted octanol–water partition coefficient (Wildman–Crippen LogP) is 5.32. The molecule has 1 amide bonds. The van der Waals surface area contributed by atoms with Crippen LogP contribution < -0.4 is 5.32 Å². The third-order valence-electron chi connectivity index (χ3n) is 4.96. The molecule has 1 aromatic carbocycles. The van der Waals surface area contributed by atoms with Gasteiger partial charge in [-0.1, -0.05) is 53.9 Å². The van der Waals surface area contributed by atoms with Crippen LogP contribution >= 0.6 is 23.2 Å². The van der Waals surface area contributed by atoms with Gasteiger partial charge in [0.15, 0.2) is 20.8 Å². The first-order chi connectivity index (χ1) is 15.8. The minimum absolute atomic E-state index is 0.0297. The van der Waals surface area contributed by atoms with Gasteiger partial charge in [-0.25, -0.2) is 17.6 Å². The zero-order valence-electron chi connectivity index (χ0n) is 19.7. The van der Waals surface area contributed by atoms with Crippen molar-refractivity contribution >= 4 is 45.1 Å². The number of sulfone groups is 1. The van der Waals surface area contributed by atoms with Gasteiger partial charge in [0.25, 0.3) is 5.91 Å². The van der Waals surface area contributed by atoms with E-state index >= 15 is 0 Å². The molecule has 0 heterocycles. The molecular weight excluding hydrogens is 508 g/mol. The molecule has 1 aromatic rings. The van der Waals surface area contributed by atoms with Gasteiger partial charge < -0.3 is 14.8 Å². The first-order valence-electron chi connectivity index (χ1n) is 10.8. The van der Waals surface area contributed by atoms with E-state index < -0.39 is 45.6 Å². The zero-order valence-corrected chi connectivity index (χ0v) is 22.1. The number of allylic oxidation sites excluding steroid dienone is 2. The number of benzene rings is 1. The number of ether oxygens (including phenoxy) is 2. The summed E-state index contributed by atoms with van der Waals surface area (Å²) >= 11 is 11.1. The summed E-state index contributed by atoms with van der Waals surface area (Å²) in [5, 5.41) is 2.29. The van der Waals surface area contributed by atoms with Crippen LogP contribution in [0.25, 0.3) is 0 Å². The fraction of sp³-hybridized carbons (Fsp3) is 0.565. The molecule has 0 aromatic heterocycles. The summed E-state index contributed by atoms with van der Waals surface area (Å²) in [5.41, 5.74) is 1.50. The van der Waals surface area contributed by atoms with Gasteiger partial charge in [-0.2, -0.15) is 0 Å². The number of carbonyl (C=O) groups is 2. The molecule has 1 rings (SSSR count). The number of hydrogen-bond acceptors (Lipinski definition) is 6. The SMILES string of the molecule is CC(C)=CCCC(C)CCOC(=O)OC(c1ccc(S(C)(=O)=O)cc1)C(CF)NC(=O)C(Cl)Cl. The number of amides is 1. The molecule has 0 saturated carbocycles. The Morgan fingerprint density at radius 2 is 1.76 bits per heavy atom. The van der Waals surface area contributed by atoms with Gasteiger partial charge in [0.05, 0.1) is 17.5 Å². The van der Waals surface area contributed by atoms with Gasteiger partial charge in [-0.15, -0.1) is 0 Å². The summed E-state index contributed by atoms with van der Waals surface area (Å²) in [6.45, 7) is 5.10. The first kappa shape index (κ1) is 30.2. The van der Waals surface area contributed by atoms with Gasteiger partial charge in [0.1, 0.15) is 6.67 Å². The standard InChI is InChI=1S/C23H32Cl2FNO6S/c1-15(2)6-5-7-16(3)12-13-32-23(29)33-20(19(14-26)27-22(28)21(24)25)17-8-10-18(11-9-17)34(4,30)31/h6,8-11,16,19-21H,5,7,12-14H2,1-4H3,(H,27,28).